The van der Waals surface area contributed by atoms with Gasteiger partial charge in [-0.1, -0.05) is 0 Å². The van der Waals surface area contributed by atoms with E-state index in [-0.39, 0.29) is 24.4 Å². The third kappa shape index (κ3) is 3.42. The van der Waals surface area contributed by atoms with Gasteiger partial charge in [0, 0.05) is 25.4 Å². The first-order valence-electron chi connectivity index (χ1n) is 8.91. The van der Waals surface area contributed by atoms with Crippen LogP contribution in [-0.4, -0.2) is 32.3 Å². The number of nitrogens with zero attached hydrogens (tertiary/aromatic N) is 4. The predicted octanol–water partition coefficient (Wildman–Crippen LogP) is 2.46. The summed E-state index contributed by atoms with van der Waals surface area (Å²) in [4.78, 5) is 29.4. The van der Waals surface area contributed by atoms with Crippen LogP contribution in [0.4, 0.5) is 10.2 Å². The molecule has 0 spiro atoms. The molecule has 1 aromatic carbocycles. The van der Waals surface area contributed by atoms with Gasteiger partial charge in [0.15, 0.2) is 0 Å². The second-order valence-electron chi connectivity index (χ2n) is 6.53. The van der Waals surface area contributed by atoms with Gasteiger partial charge in [-0.15, -0.1) is 0 Å². The van der Waals surface area contributed by atoms with Gasteiger partial charge >= 0.3 is 0 Å². The standard InChI is InChI=1S/C20H18FN5O3/c1-25-19-14-5-3-12(21)9-16(14)26(20(28)15(19)11-23-25)8-7-18(27)24-17-6-4-13(29-2)10-22-17/h3-6,9-11H,7-8H2,1-2H3,(H,22,24,27). The molecule has 4 aromatic rings. The maximum Gasteiger partial charge on any atom is 0.262 e. The molecule has 3 heterocycles. The summed E-state index contributed by atoms with van der Waals surface area (Å²) in [6.45, 7) is 0.0889. The number of methoxy groups -OCH3 is 1. The second kappa shape index (κ2) is 7.34. The zero-order valence-electron chi connectivity index (χ0n) is 15.8. The molecule has 29 heavy (non-hydrogen) atoms. The fourth-order valence-corrected chi connectivity index (χ4v) is 3.31. The highest BCUT2D eigenvalue weighted by molar-refractivity contribution is 6.03. The van der Waals surface area contributed by atoms with Crippen molar-refractivity contribution in [3.05, 3.63) is 58.9 Å². The largest absolute Gasteiger partial charge is 0.495 e. The third-order valence-electron chi connectivity index (χ3n) is 4.72. The lowest BCUT2D eigenvalue weighted by Crippen LogP contribution is -2.24. The first kappa shape index (κ1) is 18.6. The Bertz CT molecular complexity index is 1280. The molecule has 0 fully saturated rings. The third-order valence-corrected chi connectivity index (χ3v) is 4.72. The van der Waals surface area contributed by atoms with Crippen LogP contribution < -0.4 is 15.6 Å². The number of carbonyl (C=O) groups excluding carboxylic acids is 1. The van der Waals surface area contributed by atoms with Gasteiger partial charge in [0.25, 0.3) is 5.56 Å². The molecule has 148 valence electrons. The van der Waals surface area contributed by atoms with Crippen molar-refractivity contribution in [1.82, 2.24) is 19.3 Å². The molecule has 3 aromatic heterocycles. The molecule has 0 aliphatic heterocycles. The number of aryl methyl sites for hydroxylation is 2. The van der Waals surface area contributed by atoms with E-state index >= 15 is 0 Å². The van der Waals surface area contributed by atoms with Crippen LogP contribution in [0.15, 0.2) is 47.5 Å². The minimum atomic E-state index is -0.459. The van der Waals surface area contributed by atoms with E-state index in [4.69, 9.17) is 4.74 Å². The fourth-order valence-electron chi connectivity index (χ4n) is 3.31. The van der Waals surface area contributed by atoms with Crippen LogP contribution in [0.1, 0.15) is 6.42 Å². The van der Waals surface area contributed by atoms with Gasteiger partial charge in [0.2, 0.25) is 5.91 Å². The van der Waals surface area contributed by atoms with Crippen LogP contribution in [0.25, 0.3) is 21.8 Å². The lowest BCUT2D eigenvalue weighted by molar-refractivity contribution is -0.116. The van der Waals surface area contributed by atoms with Crippen molar-refractivity contribution in [3.63, 3.8) is 0 Å². The number of halogens is 1. The maximum absolute atomic E-state index is 13.9. The summed E-state index contributed by atoms with van der Waals surface area (Å²) in [7, 11) is 3.25. The Balaban J connectivity index is 1.64. The van der Waals surface area contributed by atoms with E-state index in [0.717, 1.165) is 0 Å². The lowest BCUT2D eigenvalue weighted by atomic mass is 10.1. The molecule has 0 aliphatic rings. The topological polar surface area (TPSA) is 91.0 Å². The smallest absolute Gasteiger partial charge is 0.262 e. The molecule has 0 unspecified atom stereocenters. The summed E-state index contributed by atoms with van der Waals surface area (Å²) in [5.41, 5.74) is 0.733. The van der Waals surface area contributed by atoms with Gasteiger partial charge in [-0.2, -0.15) is 5.10 Å². The van der Waals surface area contributed by atoms with Gasteiger partial charge in [0.05, 0.1) is 35.9 Å². The summed E-state index contributed by atoms with van der Waals surface area (Å²) in [6, 6.07) is 7.55. The van der Waals surface area contributed by atoms with Crippen LogP contribution in [0, 0.1) is 5.82 Å². The number of fused-ring (bicyclic) bond motifs is 3. The molecule has 0 bridgehead atoms. The van der Waals surface area contributed by atoms with E-state index in [1.54, 1.807) is 29.9 Å². The molecule has 0 saturated heterocycles. The van der Waals surface area contributed by atoms with Crippen molar-refractivity contribution in [2.24, 2.45) is 7.05 Å². The predicted molar refractivity (Wildman–Crippen MR) is 106 cm³/mol. The Morgan fingerprint density at radius 3 is 2.76 bits per heavy atom. The summed E-state index contributed by atoms with van der Waals surface area (Å²) >= 11 is 0. The highest BCUT2D eigenvalue weighted by atomic mass is 19.1. The number of carbonyl (C=O) groups is 1. The molecule has 0 radical (unpaired) electrons. The molecule has 1 amide bonds. The van der Waals surface area contributed by atoms with Gasteiger partial charge in [0.1, 0.15) is 17.4 Å². The number of rotatable bonds is 5. The number of benzene rings is 1. The quantitative estimate of drug-likeness (QED) is 0.561. The normalized spacial score (nSPS) is 11.1. The van der Waals surface area contributed by atoms with E-state index in [0.29, 0.717) is 33.4 Å². The zero-order chi connectivity index (χ0) is 20.5. The van der Waals surface area contributed by atoms with Gasteiger partial charge in [-0.05, 0) is 30.3 Å². The number of pyridine rings is 2. The van der Waals surface area contributed by atoms with Gasteiger partial charge in [-0.25, -0.2) is 9.37 Å². The molecular formula is C20H18FN5O3. The number of amides is 1. The monoisotopic (exact) mass is 395 g/mol. The average molecular weight is 395 g/mol. The van der Waals surface area contributed by atoms with Crippen molar-refractivity contribution >= 4 is 33.5 Å². The second-order valence-corrected chi connectivity index (χ2v) is 6.53. The number of aromatic nitrogens is 4. The Labute approximate surface area is 164 Å². The highest BCUT2D eigenvalue weighted by Crippen LogP contribution is 2.23. The highest BCUT2D eigenvalue weighted by Gasteiger charge is 2.16. The Morgan fingerprint density at radius 2 is 2.03 bits per heavy atom. The first-order chi connectivity index (χ1) is 14.0. The summed E-state index contributed by atoms with van der Waals surface area (Å²) in [5, 5.41) is 7.93. The van der Waals surface area contributed by atoms with Gasteiger partial charge < -0.3 is 14.6 Å². The minimum absolute atomic E-state index is 0.0188. The molecular weight excluding hydrogens is 377 g/mol. The van der Waals surface area contributed by atoms with Gasteiger partial charge in [-0.3, -0.25) is 14.3 Å². The molecule has 4 rings (SSSR count). The maximum atomic E-state index is 13.9. The number of hydrogen-bond acceptors (Lipinski definition) is 5. The lowest BCUT2D eigenvalue weighted by Gasteiger charge is -2.12. The summed E-state index contributed by atoms with van der Waals surface area (Å²) in [5.74, 6) is 0.180. The Morgan fingerprint density at radius 1 is 1.21 bits per heavy atom. The van der Waals surface area contributed by atoms with Crippen molar-refractivity contribution in [3.8, 4) is 5.75 Å². The Kier molecular flexibility index (Phi) is 4.71. The SMILES string of the molecule is COc1ccc(NC(=O)CCn2c(=O)c3cnn(C)c3c3ccc(F)cc32)nc1. The van der Waals surface area contributed by atoms with Crippen LogP contribution in [0.3, 0.4) is 0 Å². The van der Waals surface area contributed by atoms with Crippen molar-refractivity contribution in [2.45, 2.75) is 13.0 Å². The van der Waals surface area contributed by atoms with Crippen LogP contribution in [0.5, 0.6) is 5.75 Å². The van der Waals surface area contributed by atoms with E-state index < -0.39 is 5.82 Å². The number of ether oxygens (including phenoxy) is 1. The summed E-state index contributed by atoms with van der Waals surface area (Å²) < 4.78 is 21.9. The average Bonchev–Trinajstić information content (AvgIpc) is 3.10. The first-order valence-corrected chi connectivity index (χ1v) is 8.91. The number of hydrogen-bond donors (Lipinski definition) is 1. The Hall–Kier alpha value is -3.75. The van der Waals surface area contributed by atoms with E-state index in [9.17, 15) is 14.0 Å². The van der Waals surface area contributed by atoms with Crippen LogP contribution in [-0.2, 0) is 18.4 Å². The minimum Gasteiger partial charge on any atom is -0.495 e. The van der Waals surface area contributed by atoms with E-state index in [2.05, 4.69) is 15.4 Å². The summed E-state index contributed by atoms with van der Waals surface area (Å²) in [6.07, 6.45) is 3.00. The number of nitrogens with one attached hydrogen (secondary N) is 1. The molecule has 0 aliphatic carbocycles. The molecule has 8 nitrogen and oxygen atoms in total. The van der Waals surface area contributed by atoms with Crippen molar-refractivity contribution in [1.29, 1.82) is 0 Å². The van der Waals surface area contributed by atoms with Crippen molar-refractivity contribution in [2.75, 3.05) is 12.4 Å². The molecule has 9 heteroatoms. The molecule has 0 atom stereocenters. The van der Waals surface area contributed by atoms with E-state index in [1.807, 2.05) is 0 Å². The molecule has 1 N–H and O–H groups in total. The van der Waals surface area contributed by atoms with Crippen LogP contribution in [0.2, 0.25) is 0 Å². The number of anilines is 1. The molecule has 0 saturated carbocycles. The fraction of sp³-hybridized carbons (Fsp3) is 0.200. The van der Waals surface area contributed by atoms with E-state index in [1.165, 1.54) is 36.2 Å². The van der Waals surface area contributed by atoms with Crippen LogP contribution >= 0.6 is 0 Å². The van der Waals surface area contributed by atoms with Crippen molar-refractivity contribution < 1.29 is 13.9 Å². The zero-order valence-corrected chi connectivity index (χ0v) is 15.8.